The Hall–Kier alpha value is -2.05. The lowest BCUT2D eigenvalue weighted by Crippen LogP contribution is -2.28. The first-order chi connectivity index (χ1) is 10.8. The maximum Gasteiger partial charge on any atom is 0.416 e. The largest absolute Gasteiger partial charge is 0.416 e. The number of alkyl halides is 3. The molecule has 4 nitrogen and oxygen atoms in total. The third kappa shape index (κ3) is 4.71. The number of benzene rings is 1. The zero-order valence-electron chi connectivity index (χ0n) is 12.7. The van der Waals surface area contributed by atoms with E-state index in [2.05, 4.69) is 10.6 Å². The van der Waals surface area contributed by atoms with Gasteiger partial charge in [0.25, 0.3) is 0 Å². The second-order valence-electron chi connectivity index (χ2n) is 5.66. The predicted molar refractivity (Wildman–Crippen MR) is 79.6 cm³/mol. The predicted octanol–water partition coefficient (Wildman–Crippen LogP) is 3.20. The molecule has 0 radical (unpaired) electrons. The standard InChI is InChI=1S/C16H19F3N2O2/c1-2-3-7-20-14(22)12-9-13(12)15(23)21-11-6-4-5-10(8-11)16(17,18)19/h4-6,8,12-13H,2-3,7,9H2,1H3,(H,20,22)(H,21,23). The van der Waals surface area contributed by atoms with Crippen molar-refractivity contribution in [3.63, 3.8) is 0 Å². The highest BCUT2D eigenvalue weighted by Crippen LogP contribution is 2.39. The average Bonchev–Trinajstić information content (AvgIpc) is 3.27. The van der Waals surface area contributed by atoms with Gasteiger partial charge in [0.2, 0.25) is 11.8 Å². The lowest BCUT2D eigenvalue weighted by atomic mass is 10.2. The molecule has 1 fully saturated rings. The van der Waals surface area contributed by atoms with E-state index < -0.39 is 23.6 Å². The highest BCUT2D eigenvalue weighted by Gasteiger charge is 2.47. The molecule has 7 heteroatoms. The van der Waals surface area contributed by atoms with Crippen LogP contribution in [0.2, 0.25) is 0 Å². The summed E-state index contributed by atoms with van der Waals surface area (Å²) in [5.74, 6) is -1.42. The van der Waals surface area contributed by atoms with Crippen LogP contribution in [0.1, 0.15) is 31.7 Å². The topological polar surface area (TPSA) is 58.2 Å². The van der Waals surface area contributed by atoms with Crippen LogP contribution < -0.4 is 10.6 Å². The summed E-state index contributed by atoms with van der Waals surface area (Å²) in [6.45, 7) is 2.59. The third-order valence-electron chi connectivity index (χ3n) is 3.75. The summed E-state index contributed by atoms with van der Waals surface area (Å²) in [6, 6.07) is 4.46. The molecule has 0 spiro atoms. The van der Waals surface area contributed by atoms with E-state index in [0.29, 0.717) is 13.0 Å². The van der Waals surface area contributed by atoms with Crippen LogP contribution >= 0.6 is 0 Å². The van der Waals surface area contributed by atoms with Crippen LogP contribution in [0, 0.1) is 11.8 Å². The number of rotatable bonds is 6. The Kier molecular flexibility index (Phi) is 5.28. The van der Waals surface area contributed by atoms with E-state index in [1.807, 2.05) is 6.92 Å². The minimum Gasteiger partial charge on any atom is -0.356 e. The summed E-state index contributed by atoms with van der Waals surface area (Å²) in [5, 5.41) is 5.21. The second-order valence-corrected chi connectivity index (χ2v) is 5.66. The number of amides is 2. The molecule has 23 heavy (non-hydrogen) atoms. The zero-order chi connectivity index (χ0) is 17.0. The minimum atomic E-state index is -4.46. The number of hydrogen-bond acceptors (Lipinski definition) is 2. The minimum absolute atomic E-state index is 0.0851. The van der Waals surface area contributed by atoms with Crippen LogP contribution in [-0.2, 0) is 15.8 Å². The Bertz CT molecular complexity index is 587. The quantitative estimate of drug-likeness (QED) is 0.788. The van der Waals surface area contributed by atoms with Gasteiger partial charge < -0.3 is 10.6 Å². The van der Waals surface area contributed by atoms with E-state index in [1.54, 1.807) is 0 Å². The van der Waals surface area contributed by atoms with Crippen LogP contribution in [0.4, 0.5) is 18.9 Å². The molecule has 1 aliphatic carbocycles. The van der Waals surface area contributed by atoms with E-state index in [-0.39, 0.29) is 17.5 Å². The van der Waals surface area contributed by atoms with Gasteiger partial charge in [-0.2, -0.15) is 13.2 Å². The molecule has 2 amide bonds. The lowest BCUT2D eigenvalue weighted by Gasteiger charge is -2.10. The molecule has 2 unspecified atom stereocenters. The number of hydrogen-bond donors (Lipinski definition) is 2. The van der Waals surface area contributed by atoms with Crippen molar-refractivity contribution in [3.8, 4) is 0 Å². The molecular formula is C16H19F3N2O2. The van der Waals surface area contributed by atoms with Crippen molar-refractivity contribution in [1.82, 2.24) is 5.32 Å². The van der Waals surface area contributed by atoms with Gasteiger partial charge in [-0.25, -0.2) is 0 Å². The lowest BCUT2D eigenvalue weighted by molar-refractivity contribution is -0.137. The third-order valence-corrected chi connectivity index (χ3v) is 3.75. The number of carbonyl (C=O) groups is 2. The molecule has 1 saturated carbocycles. The number of unbranched alkanes of at least 4 members (excludes halogenated alkanes) is 1. The molecule has 1 aliphatic rings. The van der Waals surface area contributed by atoms with Gasteiger partial charge in [0, 0.05) is 12.2 Å². The SMILES string of the molecule is CCCCNC(=O)C1CC1C(=O)Nc1cccc(C(F)(F)F)c1. The molecular weight excluding hydrogens is 309 g/mol. The van der Waals surface area contributed by atoms with Crippen LogP contribution in [0.5, 0.6) is 0 Å². The summed E-state index contributed by atoms with van der Waals surface area (Å²) >= 11 is 0. The molecule has 2 rings (SSSR count). The van der Waals surface area contributed by atoms with Crippen molar-refractivity contribution < 1.29 is 22.8 Å². The van der Waals surface area contributed by atoms with E-state index in [4.69, 9.17) is 0 Å². The van der Waals surface area contributed by atoms with E-state index in [0.717, 1.165) is 25.0 Å². The number of carbonyl (C=O) groups excluding carboxylic acids is 2. The van der Waals surface area contributed by atoms with Crippen molar-refractivity contribution in [2.45, 2.75) is 32.4 Å². The second kappa shape index (κ2) is 7.02. The van der Waals surface area contributed by atoms with Crippen molar-refractivity contribution in [3.05, 3.63) is 29.8 Å². The number of nitrogens with one attached hydrogen (secondary N) is 2. The fraction of sp³-hybridized carbons (Fsp3) is 0.500. The van der Waals surface area contributed by atoms with Crippen molar-refractivity contribution in [2.24, 2.45) is 11.8 Å². The monoisotopic (exact) mass is 328 g/mol. The van der Waals surface area contributed by atoms with Gasteiger partial charge in [-0.1, -0.05) is 19.4 Å². The van der Waals surface area contributed by atoms with E-state index in [9.17, 15) is 22.8 Å². The van der Waals surface area contributed by atoms with Gasteiger partial charge in [-0.05, 0) is 31.0 Å². The molecule has 1 aromatic rings. The zero-order valence-corrected chi connectivity index (χ0v) is 12.7. The normalized spacial score (nSPS) is 20.0. The first kappa shape index (κ1) is 17.3. The van der Waals surface area contributed by atoms with Gasteiger partial charge in [0.15, 0.2) is 0 Å². The first-order valence-electron chi connectivity index (χ1n) is 7.58. The summed E-state index contributed by atoms with van der Waals surface area (Å²) in [5.41, 5.74) is -0.734. The molecule has 0 saturated heterocycles. The average molecular weight is 328 g/mol. The summed E-state index contributed by atoms with van der Waals surface area (Å²) < 4.78 is 37.9. The molecule has 0 heterocycles. The summed E-state index contributed by atoms with van der Waals surface area (Å²) in [4.78, 5) is 23.8. The Morgan fingerprint density at radius 1 is 1.22 bits per heavy atom. The maximum atomic E-state index is 12.6. The molecule has 2 atom stereocenters. The molecule has 0 aromatic heterocycles. The highest BCUT2D eigenvalue weighted by atomic mass is 19.4. The van der Waals surface area contributed by atoms with Crippen LogP contribution in [0.15, 0.2) is 24.3 Å². The van der Waals surface area contributed by atoms with Crippen molar-refractivity contribution in [2.75, 3.05) is 11.9 Å². The molecule has 2 N–H and O–H groups in total. The highest BCUT2D eigenvalue weighted by molar-refractivity contribution is 5.99. The van der Waals surface area contributed by atoms with Crippen molar-refractivity contribution >= 4 is 17.5 Å². The van der Waals surface area contributed by atoms with E-state index >= 15 is 0 Å². The van der Waals surface area contributed by atoms with Gasteiger partial charge in [0.05, 0.1) is 17.4 Å². The summed E-state index contributed by atoms with van der Waals surface area (Å²) in [6.07, 6.45) is -2.19. The Morgan fingerprint density at radius 3 is 2.57 bits per heavy atom. The Morgan fingerprint density at radius 2 is 1.91 bits per heavy atom. The van der Waals surface area contributed by atoms with Gasteiger partial charge in [-0.15, -0.1) is 0 Å². The van der Waals surface area contributed by atoms with Crippen LogP contribution in [-0.4, -0.2) is 18.4 Å². The maximum absolute atomic E-state index is 12.6. The smallest absolute Gasteiger partial charge is 0.356 e. The molecule has 1 aromatic carbocycles. The van der Waals surface area contributed by atoms with E-state index in [1.165, 1.54) is 12.1 Å². The number of anilines is 1. The van der Waals surface area contributed by atoms with Crippen LogP contribution in [0.3, 0.4) is 0 Å². The van der Waals surface area contributed by atoms with Crippen LogP contribution in [0.25, 0.3) is 0 Å². The van der Waals surface area contributed by atoms with Crippen molar-refractivity contribution in [1.29, 1.82) is 0 Å². The number of halogens is 3. The Balaban J connectivity index is 1.88. The molecule has 126 valence electrons. The molecule has 0 aliphatic heterocycles. The summed E-state index contributed by atoms with van der Waals surface area (Å²) in [7, 11) is 0. The fourth-order valence-corrected chi connectivity index (χ4v) is 2.30. The first-order valence-corrected chi connectivity index (χ1v) is 7.58. The van der Waals surface area contributed by atoms with Gasteiger partial charge >= 0.3 is 6.18 Å². The fourth-order valence-electron chi connectivity index (χ4n) is 2.30. The Labute approximate surface area is 132 Å². The van der Waals surface area contributed by atoms with Gasteiger partial charge in [-0.3, -0.25) is 9.59 Å². The van der Waals surface area contributed by atoms with Gasteiger partial charge in [0.1, 0.15) is 0 Å². The molecule has 0 bridgehead atoms.